The first-order valence-electron chi connectivity index (χ1n) is 3.06. The molecule has 0 saturated heterocycles. The van der Waals surface area contributed by atoms with Crippen LogP contribution in [-0.4, -0.2) is 34.3 Å². The fraction of sp³-hybridized carbons (Fsp3) is 0.667. The molecule has 0 radical (unpaired) electrons. The summed E-state index contributed by atoms with van der Waals surface area (Å²) in [6, 6.07) is 0. The molecule has 0 heterocycles. The minimum Gasteiger partial charge on any atom is -0.392 e. The largest absolute Gasteiger partial charge is 0.392 e. The van der Waals surface area contributed by atoms with E-state index in [2.05, 4.69) is 0 Å². The third-order valence-corrected chi connectivity index (χ3v) is 0.947. The van der Waals surface area contributed by atoms with Crippen molar-refractivity contribution in [2.24, 2.45) is 5.73 Å². The van der Waals surface area contributed by atoms with Crippen molar-refractivity contribution in [2.45, 2.75) is 18.8 Å². The molecule has 0 fully saturated rings. The molecule has 0 aromatic carbocycles. The van der Waals surface area contributed by atoms with E-state index in [1.807, 2.05) is 0 Å². The summed E-state index contributed by atoms with van der Waals surface area (Å²) in [5.74, 6) is 0. The monoisotopic (exact) mass is 147 g/mol. The standard InChI is InChI=1S/C6H13NO3/c7-6(10)4-5(9)2-1-3-8/h1-2,5-6,8-10H,3-4,7H2. The first-order chi connectivity index (χ1) is 4.66. The summed E-state index contributed by atoms with van der Waals surface area (Å²) < 4.78 is 0. The van der Waals surface area contributed by atoms with Crippen LogP contribution in [0.25, 0.3) is 0 Å². The van der Waals surface area contributed by atoms with Gasteiger partial charge in [0.1, 0.15) is 6.23 Å². The fourth-order valence-electron chi connectivity index (χ4n) is 0.544. The maximum Gasteiger partial charge on any atom is 0.105 e. The van der Waals surface area contributed by atoms with Crippen LogP contribution in [0, 0.1) is 0 Å². The van der Waals surface area contributed by atoms with E-state index in [4.69, 9.17) is 21.1 Å². The van der Waals surface area contributed by atoms with E-state index >= 15 is 0 Å². The van der Waals surface area contributed by atoms with Gasteiger partial charge < -0.3 is 21.1 Å². The first-order valence-corrected chi connectivity index (χ1v) is 3.06. The van der Waals surface area contributed by atoms with Gasteiger partial charge in [-0.3, -0.25) is 0 Å². The molecule has 0 aliphatic carbocycles. The van der Waals surface area contributed by atoms with Crippen LogP contribution in [0.3, 0.4) is 0 Å². The molecule has 0 aromatic heterocycles. The van der Waals surface area contributed by atoms with Crippen molar-refractivity contribution in [1.82, 2.24) is 0 Å². The Morgan fingerprint density at radius 1 is 1.40 bits per heavy atom. The Labute approximate surface area is 59.6 Å². The summed E-state index contributed by atoms with van der Waals surface area (Å²) >= 11 is 0. The van der Waals surface area contributed by atoms with Crippen LogP contribution in [0.5, 0.6) is 0 Å². The number of hydrogen-bond donors (Lipinski definition) is 4. The van der Waals surface area contributed by atoms with Gasteiger partial charge in [-0.2, -0.15) is 0 Å². The van der Waals surface area contributed by atoms with E-state index in [-0.39, 0.29) is 13.0 Å². The maximum atomic E-state index is 8.91. The summed E-state index contributed by atoms with van der Waals surface area (Å²) in [4.78, 5) is 0. The molecule has 4 nitrogen and oxygen atoms in total. The molecule has 5 N–H and O–H groups in total. The Balaban J connectivity index is 3.42. The van der Waals surface area contributed by atoms with E-state index in [0.717, 1.165) is 0 Å². The number of rotatable bonds is 4. The molecular weight excluding hydrogens is 134 g/mol. The smallest absolute Gasteiger partial charge is 0.105 e. The number of aliphatic hydroxyl groups excluding tert-OH is 3. The summed E-state index contributed by atoms with van der Waals surface area (Å²) in [7, 11) is 0. The highest BCUT2D eigenvalue weighted by atomic mass is 16.3. The predicted molar refractivity (Wildman–Crippen MR) is 37.0 cm³/mol. The minimum absolute atomic E-state index is 0.0938. The van der Waals surface area contributed by atoms with E-state index < -0.39 is 12.3 Å². The van der Waals surface area contributed by atoms with Crippen molar-refractivity contribution >= 4 is 0 Å². The average molecular weight is 147 g/mol. The zero-order valence-corrected chi connectivity index (χ0v) is 5.64. The molecule has 0 spiro atoms. The quantitative estimate of drug-likeness (QED) is 0.290. The average Bonchev–Trinajstić information content (AvgIpc) is 1.82. The highest BCUT2D eigenvalue weighted by molar-refractivity contribution is 4.88. The lowest BCUT2D eigenvalue weighted by Crippen LogP contribution is -2.24. The topological polar surface area (TPSA) is 86.7 Å². The number of aliphatic hydroxyl groups is 3. The summed E-state index contributed by atoms with van der Waals surface area (Å²) in [5.41, 5.74) is 4.96. The molecule has 0 aliphatic rings. The van der Waals surface area contributed by atoms with E-state index in [0.29, 0.717) is 0 Å². The molecule has 0 aliphatic heterocycles. The Kier molecular flexibility index (Phi) is 5.15. The van der Waals surface area contributed by atoms with Gasteiger partial charge in [0.25, 0.3) is 0 Å². The maximum absolute atomic E-state index is 8.91. The van der Waals surface area contributed by atoms with E-state index in [1.54, 1.807) is 0 Å². The van der Waals surface area contributed by atoms with Crippen molar-refractivity contribution in [3.05, 3.63) is 12.2 Å². The minimum atomic E-state index is -1.00. The zero-order valence-electron chi connectivity index (χ0n) is 5.64. The van der Waals surface area contributed by atoms with Crippen molar-refractivity contribution in [2.75, 3.05) is 6.61 Å². The fourth-order valence-corrected chi connectivity index (χ4v) is 0.544. The Morgan fingerprint density at radius 3 is 2.40 bits per heavy atom. The van der Waals surface area contributed by atoms with Crippen LogP contribution < -0.4 is 5.73 Å². The van der Waals surface area contributed by atoms with Crippen LogP contribution in [0.1, 0.15) is 6.42 Å². The van der Waals surface area contributed by atoms with Gasteiger partial charge in [0, 0.05) is 6.42 Å². The molecule has 60 valence electrons. The Morgan fingerprint density at radius 2 is 2.00 bits per heavy atom. The van der Waals surface area contributed by atoms with Crippen LogP contribution in [-0.2, 0) is 0 Å². The summed E-state index contributed by atoms with van der Waals surface area (Å²) in [6.45, 7) is -0.113. The molecule has 4 heteroatoms. The van der Waals surface area contributed by atoms with Crippen LogP contribution in [0.2, 0.25) is 0 Å². The van der Waals surface area contributed by atoms with Crippen molar-refractivity contribution in [3.8, 4) is 0 Å². The SMILES string of the molecule is NC(O)CC(O)C=CCO. The molecule has 0 rings (SSSR count). The second-order valence-corrected chi connectivity index (χ2v) is 1.98. The zero-order chi connectivity index (χ0) is 7.98. The lowest BCUT2D eigenvalue weighted by Gasteiger charge is -2.06. The Bertz CT molecular complexity index is 103. The van der Waals surface area contributed by atoms with Gasteiger partial charge in [0.05, 0.1) is 12.7 Å². The molecule has 0 aromatic rings. The second kappa shape index (κ2) is 5.37. The highest BCUT2D eigenvalue weighted by Crippen LogP contribution is 1.94. The summed E-state index contributed by atoms with van der Waals surface area (Å²) in [5, 5.41) is 25.7. The van der Waals surface area contributed by atoms with Gasteiger partial charge in [-0.15, -0.1) is 0 Å². The molecule has 2 unspecified atom stereocenters. The third kappa shape index (κ3) is 5.71. The first kappa shape index (κ1) is 9.58. The van der Waals surface area contributed by atoms with Gasteiger partial charge in [-0.05, 0) is 0 Å². The molecule has 2 atom stereocenters. The van der Waals surface area contributed by atoms with Crippen molar-refractivity contribution in [1.29, 1.82) is 0 Å². The number of nitrogens with two attached hydrogens (primary N) is 1. The van der Waals surface area contributed by atoms with E-state index in [1.165, 1.54) is 12.2 Å². The van der Waals surface area contributed by atoms with Gasteiger partial charge in [0.15, 0.2) is 0 Å². The molecular formula is C6H13NO3. The number of hydrogen-bond acceptors (Lipinski definition) is 4. The normalized spacial score (nSPS) is 17.6. The molecule has 0 saturated carbocycles. The lowest BCUT2D eigenvalue weighted by molar-refractivity contribution is 0.108. The van der Waals surface area contributed by atoms with Gasteiger partial charge in [-0.1, -0.05) is 12.2 Å². The molecule has 0 amide bonds. The predicted octanol–water partition coefficient (Wildman–Crippen LogP) is -1.44. The second-order valence-electron chi connectivity index (χ2n) is 1.98. The van der Waals surface area contributed by atoms with Crippen molar-refractivity contribution in [3.63, 3.8) is 0 Å². The summed E-state index contributed by atoms with van der Waals surface area (Å²) in [6.07, 6.45) is 1.10. The Hall–Kier alpha value is -0.420. The van der Waals surface area contributed by atoms with Crippen LogP contribution in [0.15, 0.2) is 12.2 Å². The third-order valence-electron chi connectivity index (χ3n) is 0.947. The van der Waals surface area contributed by atoms with Gasteiger partial charge >= 0.3 is 0 Å². The van der Waals surface area contributed by atoms with Gasteiger partial charge in [0.2, 0.25) is 0 Å². The van der Waals surface area contributed by atoms with Crippen LogP contribution in [0.4, 0.5) is 0 Å². The highest BCUT2D eigenvalue weighted by Gasteiger charge is 2.02. The van der Waals surface area contributed by atoms with E-state index in [9.17, 15) is 0 Å². The lowest BCUT2D eigenvalue weighted by atomic mass is 10.2. The molecule has 0 bridgehead atoms. The van der Waals surface area contributed by atoms with Crippen LogP contribution >= 0.6 is 0 Å². The van der Waals surface area contributed by atoms with Crippen molar-refractivity contribution < 1.29 is 15.3 Å². The molecule has 10 heavy (non-hydrogen) atoms. The van der Waals surface area contributed by atoms with Gasteiger partial charge in [-0.25, -0.2) is 0 Å².